The summed E-state index contributed by atoms with van der Waals surface area (Å²) in [5.74, 6) is 1.81. The van der Waals surface area contributed by atoms with Crippen molar-refractivity contribution in [3.05, 3.63) is 41.3 Å². The molecule has 0 saturated carbocycles. The van der Waals surface area contributed by atoms with Crippen molar-refractivity contribution < 1.29 is 9.47 Å². The predicted molar refractivity (Wildman–Crippen MR) is 67.4 cm³/mol. The molecule has 2 rings (SSSR count). The third-order valence-corrected chi connectivity index (χ3v) is 2.41. The minimum Gasteiger partial charge on any atom is -0.490 e. The summed E-state index contributed by atoms with van der Waals surface area (Å²) in [5, 5.41) is 0. The molecule has 17 heavy (non-hydrogen) atoms. The SMILES string of the molecule is CCOc1ccccc1Oc1cc(Br)ncn1. The second-order valence-corrected chi connectivity index (χ2v) is 3.97. The van der Waals surface area contributed by atoms with Crippen LogP contribution in [0.15, 0.2) is 41.3 Å². The first-order valence-corrected chi connectivity index (χ1v) is 5.96. The number of para-hydroxylation sites is 2. The predicted octanol–water partition coefficient (Wildman–Crippen LogP) is 3.43. The van der Waals surface area contributed by atoms with Crippen LogP contribution in [0.1, 0.15) is 6.92 Å². The lowest BCUT2D eigenvalue weighted by atomic mass is 10.3. The standard InChI is InChI=1S/C12H11BrN2O2/c1-2-16-9-5-3-4-6-10(9)17-12-7-11(13)14-8-15-12/h3-8H,2H2,1H3. The van der Waals surface area contributed by atoms with Crippen LogP contribution in [0.25, 0.3) is 0 Å². The van der Waals surface area contributed by atoms with Gasteiger partial charge in [-0.15, -0.1) is 0 Å². The van der Waals surface area contributed by atoms with E-state index in [2.05, 4.69) is 25.9 Å². The highest BCUT2D eigenvalue weighted by atomic mass is 79.9. The highest BCUT2D eigenvalue weighted by Crippen LogP contribution is 2.30. The van der Waals surface area contributed by atoms with E-state index in [9.17, 15) is 0 Å². The Kier molecular flexibility index (Phi) is 3.93. The van der Waals surface area contributed by atoms with Crippen LogP contribution < -0.4 is 9.47 Å². The van der Waals surface area contributed by atoms with Gasteiger partial charge >= 0.3 is 0 Å². The van der Waals surface area contributed by atoms with E-state index in [1.807, 2.05) is 31.2 Å². The summed E-state index contributed by atoms with van der Waals surface area (Å²) in [6, 6.07) is 9.17. The number of ether oxygens (including phenoxy) is 2. The average Bonchev–Trinajstić information content (AvgIpc) is 2.32. The molecule has 2 aromatic rings. The van der Waals surface area contributed by atoms with Crippen molar-refractivity contribution in [2.45, 2.75) is 6.92 Å². The molecule has 0 spiro atoms. The van der Waals surface area contributed by atoms with Crippen molar-refractivity contribution in [1.29, 1.82) is 0 Å². The van der Waals surface area contributed by atoms with Crippen molar-refractivity contribution in [1.82, 2.24) is 9.97 Å². The number of hydrogen-bond acceptors (Lipinski definition) is 4. The van der Waals surface area contributed by atoms with Crippen LogP contribution in [-0.2, 0) is 0 Å². The molecule has 0 amide bonds. The Balaban J connectivity index is 2.23. The molecule has 0 aliphatic heterocycles. The second-order valence-electron chi connectivity index (χ2n) is 3.16. The van der Waals surface area contributed by atoms with Gasteiger partial charge in [-0.1, -0.05) is 12.1 Å². The molecule has 0 aliphatic carbocycles. The fourth-order valence-electron chi connectivity index (χ4n) is 1.30. The van der Waals surface area contributed by atoms with Gasteiger partial charge < -0.3 is 9.47 Å². The van der Waals surface area contributed by atoms with E-state index in [0.717, 1.165) is 0 Å². The molecule has 5 heteroatoms. The smallest absolute Gasteiger partial charge is 0.223 e. The Morgan fingerprint density at radius 1 is 1.18 bits per heavy atom. The van der Waals surface area contributed by atoms with Crippen molar-refractivity contribution in [3.63, 3.8) is 0 Å². The van der Waals surface area contributed by atoms with Gasteiger partial charge in [-0.2, -0.15) is 0 Å². The molecule has 4 nitrogen and oxygen atoms in total. The Morgan fingerprint density at radius 2 is 1.94 bits per heavy atom. The summed E-state index contributed by atoms with van der Waals surface area (Å²) in [7, 11) is 0. The van der Waals surface area contributed by atoms with E-state index in [1.165, 1.54) is 6.33 Å². The maximum Gasteiger partial charge on any atom is 0.223 e. The van der Waals surface area contributed by atoms with Gasteiger partial charge in [-0.05, 0) is 35.0 Å². The van der Waals surface area contributed by atoms with Crippen molar-refractivity contribution in [2.75, 3.05) is 6.61 Å². The van der Waals surface area contributed by atoms with Crippen LogP contribution >= 0.6 is 15.9 Å². The summed E-state index contributed by atoms with van der Waals surface area (Å²) in [6.45, 7) is 2.52. The zero-order chi connectivity index (χ0) is 12.1. The molecule has 0 fully saturated rings. The molecular formula is C12H11BrN2O2. The van der Waals surface area contributed by atoms with Crippen LogP contribution in [0, 0.1) is 0 Å². The molecule has 1 aromatic carbocycles. The molecule has 0 unspecified atom stereocenters. The molecule has 0 radical (unpaired) electrons. The monoisotopic (exact) mass is 294 g/mol. The summed E-state index contributed by atoms with van der Waals surface area (Å²) in [5.41, 5.74) is 0. The lowest BCUT2D eigenvalue weighted by Crippen LogP contribution is -1.95. The number of benzene rings is 1. The average molecular weight is 295 g/mol. The summed E-state index contributed by atoms with van der Waals surface area (Å²) in [4.78, 5) is 7.95. The van der Waals surface area contributed by atoms with Gasteiger partial charge in [0.1, 0.15) is 10.9 Å². The van der Waals surface area contributed by atoms with Crippen LogP contribution in [0.3, 0.4) is 0 Å². The first-order valence-electron chi connectivity index (χ1n) is 5.17. The van der Waals surface area contributed by atoms with Crippen LogP contribution in [0.5, 0.6) is 17.4 Å². The Hall–Kier alpha value is -1.62. The van der Waals surface area contributed by atoms with E-state index in [4.69, 9.17) is 9.47 Å². The largest absolute Gasteiger partial charge is 0.490 e. The lowest BCUT2D eigenvalue weighted by molar-refractivity contribution is 0.319. The Morgan fingerprint density at radius 3 is 2.65 bits per heavy atom. The Bertz CT molecular complexity index is 505. The summed E-state index contributed by atoms with van der Waals surface area (Å²) >= 11 is 3.26. The molecule has 1 aromatic heterocycles. The van der Waals surface area contributed by atoms with Gasteiger partial charge in [0.2, 0.25) is 5.88 Å². The third-order valence-electron chi connectivity index (χ3n) is 1.97. The van der Waals surface area contributed by atoms with Gasteiger partial charge in [-0.3, -0.25) is 0 Å². The van der Waals surface area contributed by atoms with Crippen molar-refractivity contribution >= 4 is 15.9 Å². The molecule has 0 atom stereocenters. The van der Waals surface area contributed by atoms with Gasteiger partial charge in [0, 0.05) is 6.07 Å². The highest BCUT2D eigenvalue weighted by molar-refractivity contribution is 9.10. The zero-order valence-corrected chi connectivity index (χ0v) is 10.8. The highest BCUT2D eigenvalue weighted by Gasteiger charge is 2.06. The number of nitrogens with zero attached hydrogens (tertiary/aromatic N) is 2. The van der Waals surface area contributed by atoms with Crippen molar-refractivity contribution in [3.8, 4) is 17.4 Å². The molecule has 88 valence electrons. The van der Waals surface area contributed by atoms with E-state index in [-0.39, 0.29) is 0 Å². The molecule has 0 bridgehead atoms. The summed E-state index contributed by atoms with van der Waals surface area (Å²) in [6.07, 6.45) is 1.43. The van der Waals surface area contributed by atoms with Crippen LogP contribution in [0.2, 0.25) is 0 Å². The number of hydrogen-bond donors (Lipinski definition) is 0. The molecular weight excluding hydrogens is 284 g/mol. The van der Waals surface area contributed by atoms with E-state index in [0.29, 0.717) is 28.6 Å². The molecule has 0 saturated heterocycles. The van der Waals surface area contributed by atoms with E-state index < -0.39 is 0 Å². The van der Waals surface area contributed by atoms with Gasteiger partial charge in [0.15, 0.2) is 11.5 Å². The maximum atomic E-state index is 5.64. The summed E-state index contributed by atoms with van der Waals surface area (Å²) < 4.78 is 11.8. The van der Waals surface area contributed by atoms with Crippen LogP contribution in [-0.4, -0.2) is 16.6 Å². The molecule has 1 heterocycles. The zero-order valence-electron chi connectivity index (χ0n) is 9.26. The van der Waals surface area contributed by atoms with Gasteiger partial charge in [0.25, 0.3) is 0 Å². The number of rotatable bonds is 4. The lowest BCUT2D eigenvalue weighted by Gasteiger charge is -2.10. The van der Waals surface area contributed by atoms with Crippen LogP contribution in [0.4, 0.5) is 0 Å². The fourth-order valence-corrected chi connectivity index (χ4v) is 1.58. The minimum absolute atomic E-state index is 0.471. The van der Waals surface area contributed by atoms with Gasteiger partial charge in [0.05, 0.1) is 6.61 Å². The topological polar surface area (TPSA) is 44.2 Å². The third kappa shape index (κ3) is 3.17. The minimum atomic E-state index is 0.471. The van der Waals surface area contributed by atoms with E-state index in [1.54, 1.807) is 6.07 Å². The Labute approximate surface area is 108 Å². The maximum absolute atomic E-state index is 5.64. The first kappa shape index (κ1) is 11.9. The molecule has 0 N–H and O–H groups in total. The first-order chi connectivity index (χ1) is 8.29. The fraction of sp³-hybridized carbons (Fsp3) is 0.167. The second kappa shape index (κ2) is 5.63. The quantitative estimate of drug-likeness (QED) is 0.811. The van der Waals surface area contributed by atoms with E-state index >= 15 is 0 Å². The molecule has 0 aliphatic rings. The number of halogens is 1. The van der Waals surface area contributed by atoms with Gasteiger partial charge in [-0.25, -0.2) is 9.97 Å². The normalized spacial score (nSPS) is 10.0. The number of aromatic nitrogens is 2. The van der Waals surface area contributed by atoms with Crippen molar-refractivity contribution in [2.24, 2.45) is 0 Å².